The van der Waals surface area contributed by atoms with Gasteiger partial charge in [-0.3, -0.25) is 0 Å². The average molecular weight is 183 g/mol. The Balaban J connectivity index is 0. The van der Waals surface area contributed by atoms with E-state index in [1.54, 1.807) is 0 Å². The molecule has 4 heteroatoms. The van der Waals surface area contributed by atoms with Crippen LogP contribution < -0.4 is 0 Å². The van der Waals surface area contributed by atoms with Crippen LogP contribution in [-0.2, 0) is 4.44 Å². The summed E-state index contributed by atoms with van der Waals surface area (Å²) in [4.78, 5) is 0. The van der Waals surface area contributed by atoms with Gasteiger partial charge in [0, 0.05) is 0 Å². The van der Waals surface area contributed by atoms with Crippen molar-refractivity contribution in [3.8, 4) is 0 Å². The van der Waals surface area contributed by atoms with Gasteiger partial charge < -0.3 is 4.44 Å². The molecule has 1 atom stereocenters. The summed E-state index contributed by atoms with van der Waals surface area (Å²) in [6.07, 6.45) is 0. The van der Waals surface area contributed by atoms with Gasteiger partial charge in [-0.15, -0.1) is 0 Å². The van der Waals surface area contributed by atoms with Gasteiger partial charge in [0.1, 0.15) is 0 Å². The zero-order chi connectivity index (χ0) is 2.71. The van der Waals surface area contributed by atoms with Crippen LogP contribution in [0.2, 0.25) is 0 Å². The van der Waals surface area contributed by atoms with Gasteiger partial charge in [0.05, 0.1) is 0 Å². The van der Waals surface area contributed by atoms with Crippen molar-refractivity contribution < 1.29 is 4.44 Å². The molecular weight excluding hydrogens is 176 g/mol. The topological polar surface area (TPSA) is 9.23 Å². The molecule has 0 fully saturated rings. The fraction of sp³-hybridized carbons (Fsp3) is 0. The van der Waals surface area contributed by atoms with Crippen molar-refractivity contribution in [1.29, 1.82) is 0 Å². The van der Waals surface area contributed by atoms with E-state index in [0.29, 0.717) is 0 Å². The van der Waals surface area contributed by atoms with E-state index in [0.717, 1.165) is 0 Å². The minimum absolute atomic E-state index is 0. The SMILES string of the molecule is [B]OP.[SnH4]. The molecule has 1 nitrogen and oxygen atoms in total. The van der Waals surface area contributed by atoms with Crippen LogP contribution in [0.1, 0.15) is 0 Å². The maximum atomic E-state index is 4.31. The summed E-state index contributed by atoms with van der Waals surface area (Å²) >= 11 is 0. The molecule has 0 saturated carbocycles. The molecule has 0 amide bonds. The molecule has 2 radical (unpaired) electrons. The second-order valence-electron chi connectivity index (χ2n) is 0.136. The molecule has 4 heavy (non-hydrogen) atoms. The van der Waals surface area contributed by atoms with Gasteiger partial charge in [0.2, 0.25) is 0 Å². The van der Waals surface area contributed by atoms with Crippen LogP contribution in [0.4, 0.5) is 0 Å². The summed E-state index contributed by atoms with van der Waals surface area (Å²) in [5, 5.41) is 0. The molecule has 0 saturated heterocycles. The molecule has 1 unspecified atom stereocenters. The summed E-state index contributed by atoms with van der Waals surface area (Å²) in [7, 11) is 6.17. The van der Waals surface area contributed by atoms with E-state index < -0.39 is 0 Å². The molecule has 0 aromatic rings. The quantitative estimate of drug-likeness (QED) is 0.325. The van der Waals surface area contributed by atoms with Crippen LogP contribution in [0.25, 0.3) is 0 Å². The Bertz CT molecular complexity index is 8.00. The fourth-order valence-electron chi connectivity index (χ4n) is 0. The average Bonchev–Trinajstić information content (AvgIpc) is 0.918. The van der Waals surface area contributed by atoms with Gasteiger partial charge in [-0.1, -0.05) is 0 Å². The predicted octanol–water partition coefficient (Wildman–Crippen LogP) is -1.58. The van der Waals surface area contributed by atoms with E-state index in [-0.39, 0.29) is 23.9 Å². The van der Waals surface area contributed by atoms with Gasteiger partial charge in [0.25, 0.3) is 8.05 Å². The van der Waals surface area contributed by atoms with Crippen LogP contribution in [-0.4, -0.2) is 32.0 Å². The second-order valence-corrected chi connectivity index (χ2v) is 0.408. The van der Waals surface area contributed by atoms with Gasteiger partial charge in [-0.2, -0.15) is 0 Å². The monoisotopic (exact) mass is 184 g/mol. The first-order valence-corrected chi connectivity index (χ1v) is 0.943. The van der Waals surface area contributed by atoms with Gasteiger partial charge in [-0.05, 0) is 9.47 Å². The normalized spacial score (nSPS) is 4.25. The first kappa shape index (κ1) is 8.98. The molecule has 0 bridgehead atoms. The first-order valence-electron chi connectivity index (χ1n) is 0.471. The number of rotatable bonds is 0. The van der Waals surface area contributed by atoms with Gasteiger partial charge in [0.15, 0.2) is 0 Å². The molecular formula is H6BOPSn. The maximum absolute atomic E-state index is 4.31. The van der Waals surface area contributed by atoms with Crippen LogP contribution in [0, 0.1) is 0 Å². The van der Waals surface area contributed by atoms with Gasteiger partial charge >= 0.3 is 23.9 Å². The summed E-state index contributed by atoms with van der Waals surface area (Å²) < 4.78 is 3.67. The fourth-order valence-corrected chi connectivity index (χ4v) is 0. The Labute approximate surface area is 46.2 Å². The summed E-state index contributed by atoms with van der Waals surface area (Å²) in [6.45, 7) is 0. The molecule has 0 aliphatic heterocycles. The molecule has 0 aliphatic rings. The molecule has 0 heterocycles. The van der Waals surface area contributed by atoms with Crippen molar-refractivity contribution >= 4 is 41.4 Å². The summed E-state index contributed by atoms with van der Waals surface area (Å²) in [6, 6.07) is 0. The van der Waals surface area contributed by atoms with Crippen molar-refractivity contribution in [3.63, 3.8) is 0 Å². The molecule has 24 valence electrons. The van der Waals surface area contributed by atoms with Crippen molar-refractivity contribution in [1.82, 2.24) is 0 Å². The van der Waals surface area contributed by atoms with Crippen LogP contribution in [0.3, 0.4) is 0 Å². The Morgan fingerprint density at radius 3 is 1.75 bits per heavy atom. The molecule has 0 N–H and O–H groups in total. The van der Waals surface area contributed by atoms with Crippen molar-refractivity contribution in [2.24, 2.45) is 0 Å². The Hall–Kier alpha value is 1.25. The Kier molecular flexibility index (Phi) is 19.9. The first-order chi connectivity index (χ1) is 1.41. The standard InChI is InChI=1S/BH2OP.Sn.4H/c1-2-3;;;;;/h3H2;;;;;. The third-order valence-corrected chi connectivity index (χ3v) is 0. The van der Waals surface area contributed by atoms with Crippen molar-refractivity contribution in [3.05, 3.63) is 0 Å². The van der Waals surface area contributed by atoms with E-state index in [2.05, 4.69) is 12.5 Å². The van der Waals surface area contributed by atoms with E-state index in [4.69, 9.17) is 0 Å². The van der Waals surface area contributed by atoms with Crippen molar-refractivity contribution in [2.75, 3.05) is 0 Å². The Morgan fingerprint density at radius 1 is 1.75 bits per heavy atom. The zero-order valence-corrected chi connectivity index (χ0v) is 2.72. The molecule has 0 aromatic heterocycles. The van der Waals surface area contributed by atoms with E-state index in [1.807, 2.05) is 9.47 Å². The van der Waals surface area contributed by atoms with E-state index in [1.165, 1.54) is 0 Å². The summed E-state index contributed by atoms with van der Waals surface area (Å²) in [5.41, 5.74) is 0. The summed E-state index contributed by atoms with van der Waals surface area (Å²) in [5.74, 6) is 0. The third-order valence-electron chi connectivity index (χ3n) is 0. The second kappa shape index (κ2) is 8.87. The number of hydrogen-bond donors (Lipinski definition) is 0. The van der Waals surface area contributed by atoms with Gasteiger partial charge in [-0.25, -0.2) is 0 Å². The molecule has 0 aliphatic carbocycles. The Morgan fingerprint density at radius 2 is 1.75 bits per heavy atom. The predicted molar refractivity (Wildman–Crippen MR) is 27.9 cm³/mol. The van der Waals surface area contributed by atoms with Crippen LogP contribution in [0.15, 0.2) is 0 Å². The number of hydrogen-bond acceptors (Lipinski definition) is 1. The van der Waals surface area contributed by atoms with E-state index >= 15 is 0 Å². The third kappa shape index (κ3) is 10.5. The molecule has 0 rings (SSSR count). The molecule has 0 spiro atoms. The van der Waals surface area contributed by atoms with E-state index in [9.17, 15) is 0 Å². The zero-order valence-electron chi connectivity index (χ0n) is 1.56. The van der Waals surface area contributed by atoms with Crippen LogP contribution >= 0.6 is 9.47 Å². The van der Waals surface area contributed by atoms with Crippen molar-refractivity contribution in [2.45, 2.75) is 0 Å². The molecule has 0 aromatic carbocycles. The van der Waals surface area contributed by atoms with Crippen LogP contribution in [0.5, 0.6) is 0 Å². The minimum atomic E-state index is 0.